The first-order valence-corrected chi connectivity index (χ1v) is 14.4. The van der Waals surface area contributed by atoms with E-state index < -0.39 is 28.0 Å². The van der Waals surface area contributed by atoms with Gasteiger partial charge in [0.15, 0.2) is 0 Å². The largest absolute Gasteiger partial charge is 0.354 e. The maximum Gasteiger partial charge on any atom is 0.321 e. The summed E-state index contributed by atoms with van der Waals surface area (Å²) in [6, 6.07) is 14.5. The Labute approximate surface area is 232 Å². The van der Waals surface area contributed by atoms with E-state index in [9.17, 15) is 18.0 Å². The normalized spacial score (nSPS) is 15.9. The monoisotopic (exact) mass is 569 g/mol. The van der Waals surface area contributed by atoms with Crippen LogP contribution in [0.5, 0.6) is 0 Å². The maximum atomic E-state index is 13.2. The van der Waals surface area contributed by atoms with E-state index in [0.29, 0.717) is 29.2 Å². The van der Waals surface area contributed by atoms with Crippen LogP contribution in [0.1, 0.15) is 16.8 Å². The first kappa shape index (κ1) is 28.1. The highest BCUT2D eigenvalue weighted by atomic mass is 35.5. The van der Waals surface area contributed by atoms with E-state index in [4.69, 9.17) is 16.9 Å². The minimum absolute atomic E-state index is 0.000507. The minimum Gasteiger partial charge on any atom is -0.354 e. The fourth-order valence-electron chi connectivity index (χ4n) is 4.36. The van der Waals surface area contributed by atoms with Crippen molar-refractivity contribution in [1.82, 2.24) is 24.1 Å². The van der Waals surface area contributed by atoms with Crippen molar-refractivity contribution in [3.8, 4) is 6.07 Å². The molecule has 1 saturated heterocycles. The average Bonchev–Trinajstić information content (AvgIpc) is 3.35. The predicted octanol–water partition coefficient (Wildman–Crippen LogP) is 2.29. The molecule has 13 heteroatoms. The molecule has 2 N–H and O–H groups in total. The lowest BCUT2D eigenvalue weighted by Gasteiger charge is -2.38. The van der Waals surface area contributed by atoms with Gasteiger partial charge in [0.2, 0.25) is 15.9 Å². The Balaban J connectivity index is 1.38. The van der Waals surface area contributed by atoms with Crippen LogP contribution in [0.3, 0.4) is 0 Å². The summed E-state index contributed by atoms with van der Waals surface area (Å²) in [6.07, 6.45) is 4.89. The molecule has 0 saturated carbocycles. The first-order chi connectivity index (χ1) is 18.6. The molecule has 1 aliphatic rings. The number of piperazine rings is 1. The zero-order valence-corrected chi connectivity index (χ0v) is 22.8. The molecule has 1 fully saturated rings. The number of sulfonamides is 1. The smallest absolute Gasteiger partial charge is 0.321 e. The summed E-state index contributed by atoms with van der Waals surface area (Å²) in [5, 5.41) is 15.2. The third-order valence-electron chi connectivity index (χ3n) is 6.33. The highest BCUT2D eigenvalue weighted by Gasteiger charge is 2.38. The van der Waals surface area contributed by atoms with Crippen LogP contribution in [0, 0.1) is 11.3 Å². The van der Waals surface area contributed by atoms with E-state index in [1.807, 2.05) is 22.8 Å². The number of anilines is 1. The van der Waals surface area contributed by atoms with E-state index in [2.05, 4.69) is 21.7 Å². The van der Waals surface area contributed by atoms with Gasteiger partial charge in [0.25, 0.3) is 0 Å². The van der Waals surface area contributed by atoms with Gasteiger partial charge in [0.1, 0.15) is 6.04 Å². The van der Waals surface area contributed by atoms with Gasteiger partial charge in [-0.3, -0.25) is 4.79 Å². The van der Waals surface area contributed by atoms with Crippen molar-refractivity contribution in [3.05, 3.63) is 82.9 Å². The number of amides is 3. The molecule has 2 heterocycles. The lowest BCUT2D eigenvalue weighted by atomic mass is 10.1. The zero-order chi connectivity index (χ0) is 28.0. The van der Waals surface area contributed by atoms with Crippen LogP contribution >= 0.6 is 11.6 Å². The second-order valence-corrected chi connectivity index (χ2v) is 11.5. The quantitative estimate of drug-likeness (QED) is 0.426. The van der Waals surface area contributed by atoms with Crippen LogP contribution in [0.25, 0.3) is 0 Å². The Morgan fingerprint density at radius 1 is 1.18 bits per heavy atom. The predicted molar refractivity (Wildman–Crippen MR) is 147 cm³/mol. The molecule has 3 aromatic rings. The van der Waals surface area contributed by atoms with Gasteiger partial charge in [-0.15, -0.1) is 0 Å². The lowest BCUT2D eigenvalue weighted by Crippen LogP contribution is -2.61. The third kappa shape index (κ3) is 7.35. The number of nitrogens with zero attached hydrogens (tertiary/aromatic N) is 5. The number of nitriles is 1. The van der Waals surface area contributed by atoms with Gasteiger partial charge >= 0.3 is 6.03 Å². The van der Waals surface area contributed by atoms with Crippen LogP contribution in [0.4, 0.5) is 10.5 Å². The van der Waals surface area contributed by atoms with Gasteiger partial charge in [0, 0.05) is 61.7 Å². The molecule has 1 atom stereocenters. The maximum absolute atomic E-state index is 13.2. The summed E-state index contributed by atoms with van der Waals surface area (Å²) in [5.74, 6) is -0.489. The topological polar surface area (TPSA) is 140 Å². The molecular weight excluding hydrogens is 542 g/mol. The molecule has 11 nitrogen and oxygen atoms in total. The highest BCUT2D eigenvalue weighted by Crippen LogP contribution is 2.18. The number of benzene rings is 2. The Bertz CT molecular complexity index is 1480. The van der Waals surface area contributed by atoms with Crippen molar-refractivity contribution in [2.24, 2.45) is 0 Å². The number of carbonyl (C=O) groups excluding carboxylic acids is 2. The Kier molecular flexibility index (Phi) is 8.86. The molecule has 39 heavy (non-hydrogen) atoms. The number of aromatic nitrogens is 2. The minimum atomic E-state index is -3.69. The standard InChI is InChI=1S/C26H28ClN7O4S/c1-39(37,38)34-12-11-32(26(36)31-22-7-5-21(27)6-8-22)17-24(34)25(35)30-10-9-23-15-29-18-33(23)16-20-4-2-3-19(13-20)14-28/h2-8,13,15,18,24H,9-12,16-17H2,1H3,(H,30,35)(H,31,36). The summed E-state index contributed by atoms with van der Waals surface area (Å²) in [7, 11) is -3.69. The number of carbonyl (C=O) groups is 2. The van der Waals surface area contributed by atoms with Crippen molar-refractivity contribution >= 4 is 39.2 Å². The van der Waals surface area contributed by atoms with Gasteiger partial charge in [-0.05, 0) is 42.0 Å². The van der Waals surface area contributed by atoms with Crippen molar-refractivity contribution in [2.75, 3.05) is 37.8 Å². The summed E-state index contributed by atoms with van der Waals surface area (Å²) < 4.78 is 27.9. The molecule has 1 aromatic heterocycles. The van der Waals surface area contributed by atoms with Gasteiger partial charge in [-0.1, -0.05) is 23.7 Å². The molecule has 2 aromatic carbocycles. The summed E-state index contributed by atoms with van der Waals surface area (Å²) in [4.78, 5) is 31.6. The number of urea groups is 1. The molecule has 1 unspecified atom stereocenters. The molecule has 1 aliphatic heterocycles. The van der Waals surface area contributed by atoms with Gasteiger partial charge in [-0.2, -0.15) is 9.57 Å². The van der Waals surface area contributed by atoms with E-state index in [0.717, 1.165) is 21.8 Å². The molecule has 0 aliphatic carbocycles. The fraction of sp³-hybridized carbons (Fsp3) is 0.308. The van der Waals surface area contributed by atoms with Crippen LogP contribution in [0.2, 0.25) is 5.02 Å². The Hall–Kier alpha value is -3.92. The number of hydrogen-bond donors (Lipinski definition) is 2. The summed E-state index contributed by atoms with van der Waals surface area (Å²) >= 11 is 5.89. The van der Waals surface area contributed by atoms with E-state index in [1.54, 1.807) is 42.9 Å². The van der Waals surface area contributed by atoms with Crippen molar-refractivity contribution < 1.29 is 18.0 Å². The van der Waals surface area contributed by atoms with Crippen LogP contribution in [-0.2, 0) is 27.8 Å². The first-order valence-electron chi connectivity index (χ1n) is 12.2. The molecule has 4 rings (SSSR count). The highest BCUT2D eigenvalue weighted by molar-refractivity contribution is 7.88. The molecule has 0 radical (unpaired) electrons. The molecule has 0 spiro atoms. The second kappa shape index (κ2) is 12.3. The molecule has 3 amide bonds. The number of hydrogen-bond acceptors (Lipinski definition) is 6. The zero-order valence-electron chi connectivity index (χ0n) is 21.2. The molecule has 204 valence electrons. The second-order valence-electron chi connectivity index (χ2n) is 9.14. The van der Waals surface area contributed by atoms with E-state index >= 15 is 0 Å². The fourth-order valence-corrected chi connectivity index (χ4v) is 5.53. The van der Waals surface area contributed by atoms with Gasteiger partial charge in [0.05, 0.1) is 24.2 Å². The van der Waals surface area contributed by atoms with Crippen LogP contribution in [-0.4, -0.2) is 77.6 Å². The van der Waals surface area contributed by atoms with Gasteiger partial charge < -0.3 is 20.1 Å². The van der Waals surface area contributed by atoms with Crippen LogP contribution in [0.15, 0.2) is 61.1 Å². The number of rotatable bonds is 8. The Morgan fingerprint density at radius 3 is 2.67 bits per heavy atom. The number of halogens is 1. The number of nitrogens with one attached hydrogen (secondary N) is 2. The average molecular weight is 570 g/mol. The van der Waals surface area contributed by atoms with Crippen molar-refractivity contribution in [3.63, 3.8) is 0 Å². The number of imidazole rings is 1. The van der Waals surface area contributed by atoms with Crippen molar-refractivity contribution in [1.29, 1.82) is 5.26 Å². The molecular formula is C26H28ClN7O4S. The third-order valence-corrected chi connectivity index (χ3v) is 7.87. The molecule has 0 bridgehead atoms. The lowest BCUT2D eigenvalue weighted by molar-refractivity contribution is -0.126. The van der Waals surface area contributed by atoms with Crippen LogP contribution < -0.4 is 10.6 Å². The Morgan fingerprint density at radius 2 is 1.95 bits per heavy atom. The summed E-state index contributed by atoms with van der Waals surface area (Å²) in [5.41, 5.74) is 2.91. The summed E-state index contributed by atoms with van der Waals surface area (Å²) in [6.45, 7) is 0.808. The van der Waals surface area contributed by atoms with E-state index in [1.165, 1.54) is 4.90 Å². The van der Waals surface area contributed by atoms with E-state index in [-0.39, 0.29) is 26.2 Å². The SMILES string of the molecule is CS(=O)(=O)N1CCN(C(=O)Nc2ccc(Cl)cc2)CC1C(=O)NCCc1cncn1Cc1cccc(C#N)c1. The van der Waals surface area contributed by atoms with Crippen molar-refractivity contribution in [2.45, 2.75) is 19.0 Å². The van der Waals surface area contributed by atoms with Gasteiger partial charge in [-0.25, -0.2) is 18.2 Å².